The number of carbonyl (C=O) groups is 1. The minimum Gasteiger partial charge on any atom is -0.497 e. The van der Waals surface area contributed by atoms with Crippen LogP contribution in [0.25, 0.3) is 10.9 Å². The molecule has 1 aliphatic heterocycles. The molecular weight excluding hydrogens is 454 g/mol. The number of aromatic amines is 1. The SMILES string of the molecule is CCOc1cc(C(=O)N2CCC(c3c[nH]c4ccc(OC)cc34)CC2)ccc1OCc1ccncc1. The average molecular weight is 486 g/mol. The Morgan fingerprint density at radius 2 is 1.83 bits per heavy atom. The second-order valence-electron chi connectivity index (χ2n) is 8.96. The van der Waals surface area contributed by atoms with E-state index in [-0.39, 0.29) is 5.91 Å². The molecule has 3 heterocycles. The number of benzene rings is 2. The van der Waals surface area contributed by atoms with Crippen LogP contribution in [0, 0.1) is 0 Å². The Kier molecular flexibility index (Phi) is 7.07. The predicted octanol–water partition coefficient (Wildman–Crippen LogP) is 5.57. The summed E-state index contributed by atoms with van der Waals surface area (Å²) in [4.78, 5) is 22.7. The van der Waals surface area contributed by atoms with Gasteiger partial charge in [-0.05, 0) is 85.3 Å². The van der Waals surface area contributed by atoms with Gasteiger partial charge in [-0.25, -0.2) is 0 Å². The van der Waals surface area contributed by atoms with Crippen molar-refractivity contribution in [1.82, 2.24) is 14.9 Å². The van der Waals surface area contributed by atoms with Crippen molar-refractivity contribution >= 4 is 16.8 Å². The highest BCUT2D eigenvalue weighted by Crippen LogP contribution is 2.36. The minimum absolute atomic E-state index is 0.0238. The van der Waals surface area contributed by atoms with Crippen molar-refractivity contribution in [3.63, 3.8) is 0 Å². The Balaban J connectivity index is 1.26. The number of nitrogens with zero attached hydrogens (tertiary/aromatic N) is 2. The lowest BCUT2D eigenvalue weighted by Gasteiger charge is -2.32. The van der Waals surface area contributed by atoms with Gasteiger partial charge in [-0.1, -0.05) is 0 Å². The molecule has 4 aromatic rings. The van der Waals surface area contributed by atoms with Crippen molar-refractivity contribution in [3.8, 4) is 17.2 Å². The molecule has 1 fully saturated rings. The molecule has 0 unspecified atom stereocenters. The Hall–Kier alpha value is -4.00. The number of amides is 1. The Bertz CT molecular complexity index is 1330. The highest BCUT2D eigenvalue weighted by molar-refractivity contribution is 5.95. The number of aromatic nitrogens is 2. The van der Waals surface area contributed by atoms with E-state index >= 15 is 0 Å². The maximum atomic E-state index is 13.3. The van der Waals surface area contributed by atoms with Gasteiger partial charge in [-0.3, -0.25) is 9.78 Å². The fourth-order valence-corrected chi connectivity index (χ4v) is 4.83. The molecule has 1 amide bonds. The Morgan fingerprint density at radius 3 is 2.58 bits per heavy atom. The minimum atomic E-state index is 0.0238. The summed E-state index contributed by atoms with van der Waals surface area (Å²) in [5.41, 5.74) is 4.04. The maximum Gasteiger partial charge on any atom is 0.253 e. The first kappa shape index (κ1) is 23.7. The number of nitrogens with one attached hydrogen (secondary N) is 1. The van der Waals surface area contributed by atoms with Crippen molar-refractivity contribution in [3.05, 3.63) is 83.8 Å². The number of ether oxygens (including phenoxy) is 3. The zero-order valence-corrected chi connectivity index (χ0v) is 20.7. The van der Waals surface area contributed by atoms with Crippen LogP contribution in [0.3, 0.4) is 0 Å². The van der Waals surface area contributed by atoms with E-state index in [1.54, 1.807) is 25.6 Å². The molecule has 186 valence electrons. The first-order chi connectivity index (χ1) is 17.7. The van der Waals surface area contributed by atoms with E-state index in [0.29, 0.717) is 49.3 Å². The predicted molar refractivity (Wildman–Crippen MR) is 139 cm³/mol. The number of fused-ring (bicyclic) bond motifs is 1. The van der Waals surface area contributed by atoms with E-state index in [1.807, 2.05) is 42.2 Å². The summed E-state index contributed by atoms with van der Waals surface area (Å²) in [6.45, 7) is 4.24. The van der Waals surface area contributed by atoms with E-state index in [9.17, 15) is 4.79 Å². The smallest absolute Gasteiger partial charge is 0.253 e. The summed E-state index contributed by atoms with van der Waals surface area (Å²) >= 11 is 0. The molecule has 7 heteroatoms. The van der Waals surface area contributed by atoms with Gasteiger partial charge in [0.2, 0.25) is 0 Å². The fraction of sp³-hybridized carbons (Fsp3) is 0.310. The molecule has 7 nitrogen and oxygen atoms in total. The number of hydrogen-bond donors (Lipinski definition) is 1. The van der Waals surface area contributed by atoms with Crippen LogP contribution in [0.15, 0.2) is 67.1 Å². The second kappa shape index (κ2) is 10.7. The third-order valence-corrected chi connectivity index (χ3v) is 6.78. The van der Waals surface area contributed by atoms with Crippen LogP contribution in [0.5, 0.6) is 17.2 Å². The average Bonchev–Trinajstić information content (AvgIpc) is 3.36. The van der Waals surface area contributed by atoms with Gasteiger partial charge in [-0.15, -0.1) is 0 Å². The summed E-state index contributed by atoms with van der Waals surface area (Å²) < 4.78 is 17.2. The van der Waals surface area contributed by atoms with E-state index in [1.165, 1.54) is 10.9 Å². The van der Waals surface area contributed by atoms with Crippen LogP contribution in [0.4, 0.5) is 0 Å². The number of piperidine rings is 1. The standard InChI is InChI=1S/C29H31N3O4/c1-3-35-28-16-22(4-7-27(28)36-19-20-8-12-30-13-9-20)29(33)32-14-10-21(11-15-32)25-18-31-26-6-5-23(34-2)17-24(25)26/h4-9,12-13,16-18,21,31H,3,10-11,14-15,19H2,1-2H3. The molecule has 1 saturated heterocycles. The van der Waals surface area contributed by atoms with Gasteiger partial charge < -0.3 is 24.1 Å². The van der Waals surface area contributed by atoms with E-state index in [0.717, 1.165) is 29.7 Å². The molecule has 5 rings (SSSR count). The lowest BCUT2D eigenvalue weighted by molar-refractivity contribution is 0.0712. The van der Waals surface area contributed by atoms with Gasteiger partial charge in [0.15, 0.2) is 11.5 Å². The van der Waals surface area contributed by atoms with Crippen molar-refractivity contribution in [2.75, 3.05) is 26.8 Å². The number of methoxy groups -OCH3 is 1. The number of carbonyl (C=O) groups excluding carboxylic acids is 1. The summed E-state index contributed by atoms with van der Waals surface area (Å²) in [6, 6.07) is 15.4. The lowest BCUT2D eigenvalue weighted by Crippen LogP contribution is -2.37. The van der Waals surface area contributed by atoms with Crippen LogP contribution in [-0.2, 0) is 6.61 Å². The molecule has 1 N–H and O–H groups in total. The van der Waals surface area contributed by atoms with Crippen molar-refractivity contribution in [2.24, 2.45) is 0 Å². The second-order valence-corrected chi connectivity index (χ2v) is 8.96. The zero-order chi connectivity index (χ0) is 24.9. The molecule has 0 saturated carbocycles. The lowest BCUT2D eigenvalue weighted by atomic mass is 9.89. The Morgan fingerprint density at radius 1 is 1.03 bits per heavy atom. The van der Waals surface area contributed by atoms with Crippen LogP contribution in [0.2, 0.25) is 0 Å². The molecule has 0 bridgehead atoms. The fourth-order valence-electron chi connectivity index (χ4n) is 4.83. The first-order valence-electron chi connectivity index (χ1n) is 12.4. The Labute approximate surface area is 211 Å². The highest BCUT2D eigenvalue weighted by Gasteiger charge is 2.27. The summed E-state index contributed by atoms with van der Waals surface area (Å²) in [6.07, 6.45) is 7.42. The first-order valence-corrected chi connectivity index (χ1v) is 12.4. The van der Waals surface area contributed by atoms with Crippen molar-refractivity contribution in [2.45, 2.75) is 32.3 Å². The van der Waals surface area contributed by atoms with Gasteiger partial charge in [0.25, 0.3) is 5.91 Å². The summed E-state index contributed by atoms with van der Waals surface area (Å²) in [7, 11) is 1.69. The number of pyridine rings is 1. The molecule has 0 atom stereocenters. The summed E-state index contributed by atoms with van der Waals surface area (Å²) in [5, 5.41) is 1.20. The van der Waals surface area contributed by atoms with Crippen molar-refractivity contribution < 1.29 is 19.0 Å². The van der Waals surface area contributed by atoms with Gasteiger partial charge >= 0.3 is 0 Å². The van der Waals surface area contributed by atoms with Gasteiger partial charge in [0.05, 0.1) is 13.7 Å². The topological polar surface area (TPSA) is 76.7 Å². The van der Waals surface area contributed by atoms with E-state index in [4.69, 9.17) is 14.2 Å². The zero-order valence-electron chi connectivity index (χ0n) is 20.7. The molecule has 0 spiro atoms. The number of likely N-dealkylation sites (tertiary alicyclic amines) is 1. The quantitative estimate of drug-likeness (QED) is 0.353. The molecule has 1 aliphatic rings. The van der Waals surface area contributed by atoms with Crippen LogP contribution < -0.4 is 14.2 Å². The van der Waals surface area contributed by atoms with E-state index in [2.05, 4.69) is 28.3 Å². The van der Waals surface area contributed by atoms with Gasteiger partial charge in [0.1, 0.15) is 12.4 Å². The number of hydrogen-bond acceptors (Lipinski definition) is 5. The largest absolute Gasteiger partial charge is 0.497 e. The monoisotopic (exact) mass is 485 g/mol. The number of rotatable bonds is 8. The van der Waals surface area contributed by atoms with Crippen LogP contribution in [0.1, 0.15) is 47.2 Å². The molecule has 0 radical (unpaired) electrons. The molecule has 2 aromatic carbocycles. The van der Waals surface area contributed by atoms with Gasteiger partial charge in [0, 0.05) is 48.1 Å². The highest BCUT2D eigenvalue weighted by atomic mass is 16.5. The summed E-state index contributed by atoms with van der Waals surface area (Å²) in [5.74, 6) is 2.49. The van der Waals surface area contributed by atoms with E-state index < -0.39 is 0 Å². The maximum absolute atomic E-state index is 13.3. The molecule has 0 aliphatic carbocycles. The normalized spacial score (nSPS) is 14.1. The third kappa shape index (κ3) is 5.00. The third-order valence-electron chi connectivity index (χ3n) is 6.78. The molecule has 36 heavy (non-hydrogen) atoms. The molecular formula is C29H31N3O4. The van der Waals surface area contributed by atoms with Crippen LogP contribution >= 0.6 is 0 Å². The van der Waals surface area contributed by atoms with Crippen molar-refractivity contribution in [1.29, 1.82) is 0 Å². The molecule has 2 aromatic heterocycles. The van der Waals surface area contributed by atoms with Gasteiger partial charge in [-0.2, -0.15) is 0 Å². The van der Waals surface area contributed by atoms with Crippen LogP contribution in [-0.4, -0.2) is 47.6 Å². The number of H-pyrrole nitrogens is 1.